The molecule has 2 saturated heterocycles. The molecule has 0 bridgehead atoms. The number of nitrogens with zero attached hydrogens (tertiary/aromatic N) is 5. The zero-order valence-electron chi connectivity index (χ0n) is 25.0. The molecular weight excluding hydrogens is 651 g/mol. The van der Waals surface area contributed by atoms with Crippen molar-refractivity contribution in [3.63, 3.8) is 0 Å². The van der Waals surface area contributed by atoms with Crippen LogP contribution in [0.2, 0.25) is 5.02 Å². The van der Waals surface area contributed by atoms with Crippen LogP contribution < -0.4 is 16.0 Å². The van der Waals surface area contributed by atoms with E-state index in [1.807, 2.05) is 4.90 Å². The Morgan fingerprint density at radius 2 is 1.77 bits per heavy atom. The number of carbonyl (C=O) groups is 3. The normalized spacial score (nSPS) is 25.0. The molecule has 2 saturated carbocycles. The molecule has 3 amide bonds. The molecule has 0 radical (unpaired) electrons. The molecule has 4 heterocycles. The Kier molecular flexibility index (Phi) is 7.57. The number of halogens is 6. The van der Waals surface area contributed by atoms with Crippen LogP contribution in [0.1, 0.15) is 52.0 Å². The van der Waals surface area contributed by atoms with E-state index in [9.17, 15) is 36.3 Å². The number of rotatable bonds is 7. The molecule has 4 fully saturated rings. The third kappa shape index (κ3) is 5.85. The van der Waals surface area contributed by atoms with Crippen molar-refractivity contribution in [1.29, 1.82) is 0 Å². The molecule has 2 aliphatic carbocycles. The summed E-state index contributed by atoms with van der Waals surface area (Å²) in [7, 11) is 1.32. The molecule has 3 aromatic rings. The molecule has 1 aromatic carbocycles. The van der Waals surface area contributed by atoms with Gasteiger partial charge < -0.3 is 25.4 Å². The van der Waals surface area contributed by atoms with Crippen LogP contribution in [0, 0.1) is 17.8 Å². The standard InChI is InChI=1S/C30H30ClF5N8O3/c1-42-21(19-13-44(22-9-29(22,32)33)41-24(19)30(34,35)36)10-38-25(42)27(46)39-15-2-3-16(20(31)8-15)26(45)40-23-17-11-43(12-18(17)23)28(47)14-4-6-37-7-5-14/h2-3,8,10,13-14,17-18,22-23,37H,4-7,9,11-12H2,1H3,(H,39,46)(H,40,45)/t17-,18+,22?,23+. The summed E-state index contributed by atoms with van der Waals surface area (Å²) in [6.45, 7) is 2.91. The Morgan fingerprint density at radius 1 is 1.09 bits per heavy atom. The molecule has 2 aliphatic heterocycles. The Labute approximate surface area is 269 Å². The van der Waals surface area contributed by atoms with Gasteiger partial charge in [0.05, 0.1) is 28.0 Å². The van der Waals surface area contributed by atoms with Crippen molar-refractivity contribution < 1.29 is 36.3 Å². The van der Waals surface area contributed by atoms with Crippen LogP contribution >= 0.6 is 11.6 Å². The van der Waals surface area contributed by atoms with E-state index in [1.54, 1.807) is 0 Å². The third-order valence-electron chi connectivity index (χ3n) is 9.54. The van der Waals surface area contributed by atoms with Gasteiger partial charge in [-0.3, -0.25) is 19.1 Å². The molecule has 47 heavy (non-hydrogen) atoms. The van der Waals surface area contributed by atoms with Crippen LogP contribution in [-0.4, -0.2) is 80.1 Å². The van der Waals surface area contributed by atoms with Crippen molar-refractivity contribution >= 4 is 35.0 Å². The van der Waals surface area contributed by atoms with Gasteiger partial charge in [0.2, 0.25) is 5.91 Å². The van der Waals surface area contributed by atoms with Crippen molar-refractivity contribution in [2.45, 2.75) is 43.4 Å². The topological polar surface area (TPSA) is 126 Å². The summed E-state index contributed by atoms with van der Waals surface area (Å²) in [6.07, 6.45) is -1.96. The highest BCUT2D eigenvalue weighted by molar-refractivity contribution is 6.34. The number of imidazole rings is 1. The van der Waals surface area contributed by atoms with E-state index in [2.05, 4.69) is 26.0 Å². The summed E-state index contributed by atoms with van der Waals surface area (Å²) in [6, 6.07) is 2.74. The lowest BCUT2D eigenvalue weighted by atomic mass is 9.96. The zero-order valence-corrected chi connectivity index (χ0v) is 25.7. The fourth-order valence-electron chi connectivity index (χ4n) is 6.75. The first kappa shape index (κ1) is 31.5. The maximum absolute atomic E-state index is 13.7. The molecule has 4 aliphatic rings. The maximum atomic E-state index is 13.7. The maximum Gasteiger partial charge on any atom is 0.435 e. The third-order valence-corrected chi connectivity index (χ3v) is 9.86. The smallest absolute Gasteiger partial charge is 0.349 e. The first-order valence-corrected chi connectivity index (χ1v) is 15.6. The molecule has 17 heteroatoms. The number of hydrogen-bond acceptors (Lipinski definition) is 6. The van der Waals surface area contributed by atoms with Crippen molar-refractivity contribution in [2.75, 3.05) is 31.5 Å². The number of benzene rings is 1. The van der Waals surface area contributed by atoms with Gasteiger partial charge >= 0.3 is 6.18 Å². The van der Waals surface area contributed by atoms with E-state index in [0.29, 0.717) is 17.8 Å². The van der Waals surface area contributed by atoms with E-state index < -0.39 is 41.7 Å². The zero-order chi connectivity index (χ0) is 33.4. The largest absolute Gasteiger partial charge is 0.435 e. The summed E-state index contributed by atoms with van der Waals surface area (Å²) in [5.74, 6) is -3.94. The summed E-state index contributed by atoms with van der Waals surface area (Å²) in [5, 5.41) is 12.3. The van der Waals surface area contributed by atoms with Crippen molar-refractivity contribution in [2.24, 2.45) is 24.8 Å². The molecular formula is C30H30ClF5N8O3. The number of piperidine rings is 2. The minimum Gasteiger partial charge on any atom is -0.349 e. The van der Waals surface area contributed by atoms with Crippen molar-refractivity contribution in [3.05, 3.63) is 52.7 Å². The van der Waals surface area contributed by atoms with Gasteiger partial charge in [0.15, 0.2) is 11.5 Å². The average Bonchev–Trinajstić information content (AvgIpc) is 3.52. The molecule has 11 nitrogen and oxygen atoms in total. The summed E-state index contributed by atoms with van der Waals surface area (Å²) in [4.78, 5) is 44.8. The lowest BCUT2D eigenvalue weighted by molar-refractivity contribution is -0.141. The summed E-state index contributed by atoms with van der Waals surface area (Å²) >= 11 is 6.40. The molecule has 3 N–H and O–H groups in total. The fraction of sp³-hybridized carbons (Fsp3) is 0.500. The number of likely N-dealkylation sites (tertiary alicyclic amines) is 1. The lowest BCUT2D eigenvalue weighted by Gasteiger charge is -2.28. The average molecular weight is 681 g/mol. The molecule has 1 unspecified atom stereocenters. The fourth-order valence-corrected chi connectivity index (χ4v) is 7.01. The van der Waals surface area contributed by atoms with E-state index in [0.717, 1.165) is 42.9 Å². The van der Waals surface area contributed by atoms with E-state index >= 15 is 0 Å². The number of aromatic nitrogens is 4. The van der Waals surface area contributed by atoms with Gasteiger partial charge in [-0.05, 0) is 44.1 Å². The monoisotopic (exact) mass is 680 g/mol. The van der Waals surface area contributed by atoms with Crippen molar-refractivity contribution in [3.8, 4) is 11.3 Å². The second-order valence-corrected chi connectivity index (χ2v) is 13.0. The molecule has 0 spiro atoms. The van der Waals surface area contributed by atoms with Crippen LogP contribution in [0.5, 0.6) is 0 Å². The molecule has 250 valence electrons. The number of amides is 3. The van der Waals surface area contributed by atoms with E-state index in [-0.39, 0.29) is 63.4 Å². The van der Waals surface area contributed by atoms with Gasteiger partial charge in [0, 0.05) is 62.2 Å². The Bertz CT molecular complexity index is 1760. The van der Waals surface area contributed by atoms with Crippen LogP contribution in [0.25, 0.3) is 11.3 Å². The predicted molar refractivity (Wildman–Crippen MR) is 158 cm³/mol. The Morgan fingerprint density at radius 3 is 2.38 bits per heavy atom. The van der Waals surface area contributed by atoms with Gasteiger partial charge in [0.1, 0.15) is 6.04 Å². The van der Waals surface area contributed by atoms with E-state index in [1.165, 1.54) is 25.2 Å². The second kappa shape index (κ2) is 11.3. The van der Waals surface area contributed by atoms with Crippen LogP contribution in [0.3, 0.4) is 0 Å². The minimum atomic E-state index is -4.94. The van der Waals surface area contributed by atoms with Crippen LogP contribution in [0.15, 0.2) is 30.6 Å². The summed E-state index contributed by atoms with van der Waals surface area (Å²) < 4.78 is 70.1. The van der Waals surface area contributed by atoms with Gasteiger partial charge in [-0.2, -0.15) is 18.3 Å². The molecule has 7 rings (SSSR count). The number of carbonyl (C=O) groups excluding carboxylic acids is 3. The predicted octanol–water partition coefficient (Wildman–Crippen LogP) is 3.97. The summed E-state index contributed by atoms with van der Waals surface area (Å²) in [5.41, 5.74) is -1.61. The highest BCUT2D eigenvalue weighted by Gasteiger charge is 2.60. The number of hydrogen-bond donors (Lipinski definition) is 3. The number of fused-ring (bicyclic) bond motifs is 1. The van der Waals surface area contributed by atoms with E-state index in [4.69, 9.17) is 11.6 Å². The van der Waals surface area contributed by atoms with Crippen LogP contribution in [-0.2, 0) is 18.0 Å². The first-order chi connectivity index (χ1) is 22.2. The Balaban J connectivity index is 0.981. The SMILES string of the molecule is Cn1c(-c2cn(C3CC3(F)F)nc2C(F)(F)F)cnc1C(=O)Nc1ccc(C(=O)N[C@H]2[C@@H]3CN(C(=O)C4CCNCC4)C[C@@H]32)c(Cl)c1. The second-order valence-electron chi connectivity index (χ2n) is 12.6. The highest BCUT2D eigenvalue weighted by atomic mass is 35.5. The highest BCUT2D eigenvalue weighted by Crippen LogP contribution is 2.53. The number of alkyl halides is 5. The number of nitrogens with one attached hydrogen (secondary N) is 3. The lowest BCUT2D eigenvalue weighted by Crippen LogP contribution is -2.43. The number of anilines is 1. The quantitative estimate of drug-likeness (QED) is 0.325. The van der Waals surface area contributed by atoms with Gasteiger partial charge in [0.25, 0.3) is 17.7 Å². The molecule has 2 aromatic heterocycles. The first-order valence-electron chi connectivity index (χ1n) is 15.2. The van der Waals surface area contributed by atoms with Gasteiger partial charge in [-0.15, -0.1) is 0 Å². The van der Waals surface area contributed by atoms with Gasteiger partial charge in [-0.25, -0.2) is 13.8 Å². The minimum absolute atomic E-state index is 0.0525. The molecule has 4 atom stereocenters. The van der Waals surface area contributed by atoms with Crippen LogP contribution in [0.4, 0.5) is 27.6 Å². The Hall–Kier alpha value is -4.05. The van der Waals surface area contributed by atoms with Crippen molar-refractivity contribution in [1.82, 2.24) is 34.9 Å². The van der Waals surface area contributed by atoms with Gasteiger partial charge in [-0.1, -0.05) is 11.6 Å².